The normalized spacial score (nSPS) is 24.6. The largest absolute Gasteiger partial charge is 0.455 e. The van der Waals surface area contributed by atoms with Gasteiger partial charge in [-0.25, -0.2) is 14.6 Å². The smallest absolute Gasteiger partial charge is 0.357 e. The second kappa shape index (κ2) is 10.1. The number of carbonyl (C=O) groups excluding carboxylic acids is 2. The molecule has 1 aromatic rings. The molecule has 2 rings (SSSR count). The van der Waals surface area contributed by atoms with Crippen LogP contribution in [-0.2, 0) is 23.7 Å². The van der Waals surface area contributed by atoms with Gasteiger partial charge in [-0.1, -0.05) is 6.07 Å². The summed E-state index contributed by atoms with van der Waals surface area (Å²) >= 11 is 0. The summed E-state index contributed by atoms with van der Waals surface area (Å²) in [6.45, 7) is 5.52. The molecule has 8 nitrogen and oxygen atoms in total. The van der Waals surface area contributed by atoms with Gasteiger partial charge in [0.2, 0.25) is 0 Å². The number of fused-ring (bicyclic) bond motifs is 2. The summed E-state index contributed by atoms with van der Waals surface area (Å²) in [6, 6.07) is 4.51. The van der Waals surface area contributed by atoms with E-state index in [0.717, 1.165) is 0 Å². The second-order valence-corrected chi connectivity index (χ2v) is 5.60. The summed E-state index contributed by atoms with van der Waals surface area (Å²) in [5, 5.41) is 0. The maximum absolute atomic E-state index is 12.1. The van der Waals surface area contributed by atoms with E-state index in [1.807, 2.05) is 0 Å². The molecule has 25 heavy (non-hydrogen) atoms. The van der Waals surface area contributed by atoms with Gasteiger partial charge in [0, 0.05) is 0 Å². The number of cyclic esters (lactones) is 2. The molecule has 8 heteroatoms. The molecule has 2 bridgehead atoms. The predicted octanol–water partition coefficient (Wildman–Crippen LogP) is 1.24. The number of esters is 2. The standard InChI is InChI=1S/C17H23NO7/c1-12-10-22-8-6-21-7-9-23-11-13(2)25-17(20)15-5-3-4-14(18-15)16(19)24-12/h3-5,12-13H,6-11H2,1-2H3/t12-,13-/m0/s1. The summed E-state index contributed by atoms with van der Waals surface area (Å²) in [4.78, 5) is 28.2. The lowest BCUT2D eigenvalue weighted by Gasteiger charge is -2.15. The first kappa shape index (κ1) is 19.3. The van der Waals surface area contributed by atoms with Gasteiger partial charge in [-0.2, -0.15) is 0 Å². The average molecular weight is 353 g/mol. The van der Waals surface area contributed by atoms with Crippen molar-refractivity contribution in [2.24, 2.45) is 0 Å². The van der Waals surface area contributed by atoms with E-state index < -0.39 is 24.1 Å². The van der Waals surface area contributed by atoms with E-state index in [0.29, 0.717) is 26.4 Å². The van der Waals surface area contributed by atoms with Crippen LogP contribution in [0.3, 0.4) is 0 Å². The molecule has 0 fully saturated rings. The van der Waals surface area contributed by atoms with E-state index in [1.54, 1.807) is 19.9 Å². The second-order valence-electron chi connectivity index (χ2n) is 5.60. The highest BCUT2D eigenvalue weighted by molar-refractivity contribution is 5.91. The van der Waals surface area contributed by atoms with E-state index in [2.05, 4.69) is 4.98 Å². The molecule has 1 aliphatic heterocycles. The van der Waals surface area contributed by atoms with E-state index in [1.165, 1.54) is 12.1 Å². The molecule has 2 atom stereocenters. The van der Waals surface area contributed by atoms with E-state index >= 15 is 0 Å². The molecule has 0 unspecified atom stereocenters. The minimum Gasteiger partial charge on any atom is -0.455 e. The summed E-state index contributed by atoms with van der Waals surface area (Å²) < 4.78 is 26.6. The third-order valence-electron chi connectivity index (χ3n) is 3.23. The van der Waals surface area contributed by atoms with Gasteiger partial charge in [0.1, 0.15) is 23.6 Å². The summed E-state index contributed by atoms with van der Waals surface area (Å²) in [7, 11) is 0. The van der Waals surface area contributed by atoms with Crippen LogP contribution >= 0.6 is 0 Å². The third-order valence-corrected chi connectivity index (χ3v) is 3.23. The van der Waals surface area contributed by atoms with E-state index in [4.69, 9.17) is 23.7 Å². The van der Waals surface area contributed by atoms with Gasteiger partial charge in [-0.3, -0.25) is 0 Å². The number of carbonyl (C=O) groups is 2. The van der Waals surface area contributed by atoms with Gasteiger partial charge in [0.05, 0.1) is 39.6 Å². The van der Waals surface area contributed by atoms with Gasteiger partial charge in [0.25, 0.3) is 0 Å². The molecule has 1 aliphatic rings. The first-order valence-electron chi connectivity index (χ1n) is 8.18. The number of ether oxygens (including phenoxy) is 5. The summed E-state index contributed by atoms with van der Waals surface area (Å²) in [5.74, 6) is -1.25. The van der Waals surface area contributed by atoms with Crippen molar-refractivity contribution in [3.63, 3.8) is 0 Å². The van der Waals surface area contributed by atoms with Crippen molar-refractivity contribution >= 4 is 11.9 Å². The Kier molecular flexibility index (Phi) is 7.77. The Balaban J connectivity index is 2.06. The molecule has 0 saturated heterocycles. The first-order valence-corrected chi connectivity index (χ1v) is 8.18. The highest BCUT2D eigenvalue weighted by Gasteiger charge is 2.18. The van der Waals surface area contributed by atoms with Gasteiger partial charge in [-0.15, -0.1) is 0 Å². The van der Waals surface area contributed by atoms with Crippen LogP contribution in [0.4, 0.5) is 0 Å². The van der Waals surface area contributed by atoms with Crippen molar-refractivity contribution in [1.29, 1.82) is 0 Å². The average Bonchev–Trinajstić information content (AvgIpc) is 2.59. The van der Waals surface area contributed by atoms with Crippen LogP contribution in [0.2, 0.25) is 0 Å². The zero-order valence-electron chi connectivity index (χ0n) is 14.4. The molecule has 0 amide bonds. The highest BCUT2D eigenvalue weighted by atomic mass is 16.6. The Bertz CT molecular complexity index is 533. The van der Waals surface area contributed by atoms with Crippen molar-refractivity contribution in [3.05, 3.63) is 29.6 Å². The van der Waals surface area contributed by atoms with Gasteiger partial charge in [-0.05, 0) is 26.0 Å². The van der Waals surface area contributed by atoms with E-state index in [-0.39, 0.29) is 24.6 Å². The van der Waals surface area contributed by atoms with Crippen LogP contribution in [0, 0.1) is 0 Å². The number of rotatable bonds is 0. The maximum atomic E-state index is 12.1. The number of nitrogens with zero attached hydrogens (tertiary/aromatic N) is 1. The number of hydrogen-bond donors (Lipinski definition) is 0. The number of aromatic nitrogens is 1. The van der Waals surface area contributed by atoms with E-state index in [9.17, 15) is 9.59 Å². The van der Waals surface area contributed by atoms with Gasteiger partial charge in [0.15, 0.2) is 0 Å². The molecule has 1 aromatic heterocycles. The van der Waals surface area contributed by atoms with Crippen LogP contribution in [0.1, 0.15) is 34.8 Å². The monoisotopic (exact) mass is 353 g/mol. The topological polar surface area (TPSA) is 93.2 Å². The van der Waals surface area contributed by atoms with Crippen molar-refractivity contribution < 1.29 is 33.3 Å². The Labute approximate surface area is 146 Å². The molecule has 0 saturated carbocycles. The number of pyridine rings is 1. The molecule has 0 N–H and O–H groups in total. The van der Waals surface area contributed by atoms with Crippen LogP contribution in [0.5, 0.6) is 0 Å². The first-order chi connectivity index (χ1) is 12.1. The van der Waals surface area contributed by atoms with Crippen molar-refractivity contribution in [2.75, 3.05) is 39.6 Å². The lowest BCUT2D eigenvalue weighted by Crippen LogP contribution is -2.25. The van der Waals surface area contributed by atoms with Gasteiger partial charge < -0.3 is 23.7 Å². The van der Waals surface area contributed by atoms with Gasteiger partial charge >= 0.3 is 11.9 Å². The van der Waals surface area contributed by atoms with Crippen molar-refractivity contribution in [1.82, 2.24) is 4.98 Å². The minimum atomic E-state index is -0.625. The molecule has 0 aromatic carbocycles. The maximum Gasteiger partial charge on any atom is 0.357 e. The molecule has 2 heterocycles. The fourth-order valence-electron chi connectivity index (χ4n) is 2.05. The Morgan fingerprint density at radius 3 is 1.72 bits per heavy atom. The van der Waals surface area contributed by atoms with Crippen LogP contribution in [0.25, 0.3) is 0 Å². The van der Waals surface area contributed by atoms with Crippen molar-refractivity contribution in [2.45, 2.75) is 26.1 Å². The molecular formula is C17H23NO7. The zero-order valence-corrected chi connectivity index (χ0v) is 14.4. The summed E-state index contributed by atoms with van der Waals surface area (Å²) in [5.41, 5.74) is 0.0734. The molecule has 0 radical (unpaired) electrons. The Hall–Kier alpha value is -2.03. The Morgan fingerprint density at radius 1 is 0.800 bits per heavy atom. The predicted molar refractivity (Wildman–Crippen MR) is 86.4 cm³/mol. The number of hydrogen-bond acceptors (Lipinski definition) is 8. The van der Waals surface area contributed by atoms with Crippen LogP contribution in [-0.4, -0.2) is 68.8 Å². The highest BCUT2D eigenvalue weighted by Crippen LogP contribution is 2.07. The SMILES string of the molecule is C[C@H]1COCCOCCOC[C@H](C)OC(=O)c2cccc(n2)C(=O)O1. The van der Waals surface area contributed by atoms with Crippen LogP contribution in [0.15, 0.2) is 18.2 Å². The molecule has 138 valence electrons. The molecular weight excluding hydrogens is 330 g/mol. The Morgan fingerprint density at radius 2 is 1.24 bits per heavy atom. The minimum absolute atomic E-state index is 0.0367. The molecule has 0 aliphatic carbocycles. The lowest BCUT2D eigenvalue weighted by atomic mass is 10.3. The zero-order chi connectivity index (χ0) is 18.1. The third kappa shape index (κ3) is 6.77. The van der Waals surface area contributed by atoms with Crippen molar-refractivity contribution in [3.8, 4) is 0 Å². The summed E-state index contributed by atoms with van der Waals surface area (Å²) in [6.07, 6.45) is -0.903. The molecule has 0 spiro atoms. The van der Waals surface area contributed by atoms with Crippen LogP contribution < -0.4 is 0 Å². The quantitative estimate of drug-likeness (QED) is 0.643. The lowest BCUT2D eigenvalue weighted by molar-refractivity contribution is -0.0300. The fraction of sp³-hybridized carbons (Fsp3) is 0.588. The fourth-order valence-corrected chi connectivity index (χ4v) is 2.05.